The highest BCUT2D eigenvalue weighted by Gasteiger charge is 1.89. The van der Waals surface area contributed by atoms with Crippen LogP contribution in [0.4, 0.5) is 0 Å². The van der Waals surface area contributed by atoms with Gasteiger partial charge in [-0.15, -0.1) is 0 Å². The van der Waals surface area contributed by atoms with Crippen LogP contribution in [-0.2, 0) is 6.54 Å². The number of rotatable bonds is 5. The quantitative estimate of drug-likeness (QED) is 0.706. The summed E-state index contributed by atoms with van der Waals surface area (Å²) in [6.07, 6.45) is 0.826. The maximum atomic E-state index is 8.52. The molecule has 2 N–H and O–H groups in total. The monoisotopic (exact) mass is 195 g/mol. The summed E-state index contributed by atoms with van der Waals surface area (Å²) in [5.41, 5.74) is 1.29. The summed E-state index contributed by atoms with van der Waals surface area (Å²) in [6, 6.07) is 10.3. The Balaban J connectivity index is 0.000000791. The van der Waals surface area contributed by atoms with E-state index >= 15 is 0 Å². The molecule has 80 valence electrons. The summed E-state index contributed by atoms with van der Waals surface area (Å²) < 4.78 is 0. The number of aliphatic hydroxyl groups excluding tert-OH is 1. The highest BCUT2D eigenvalue weighted by atomic mass is 16.3. The molecule has 0 amide bonds. The Labute approximate surface area is 87.0 Å². The third kappa shape index (κ3) is 6.63. The Morgan fingerprint density at radius 2 is 1.79 bits per heavy atom. The maximum Gasteiger partial charge on any atom is 0.0443 e. The molecular weight excluding hydrogens is 174 g/mol. The largest absolute Gasteiger partial charge is 0.396 e. The summed E-state index contributed by atoms with van der Waals surface area (Å²) in [5, 5.41) is 11.8. The fourth-order valence-corrected chi connectivity index (χ4v) is 1.03. The summed E-state index contributed by atoms with van der Waals surface area (Å²) >= 11 is 0. The second kappa shape index (κ2) is 10.2. The molecule has 0 atom stereocenters. The van der Waals surface area contributed by atoms with Crippen molar-refractivity contribution in [2.45, 2.75) is 26.8 Å². The number of nitrogens with one attached hydrogen (secondary N) is 1. The van der Waals surface area contributed by atoms with E-state index in [2.05, 4.69) is 17.4 Å². The fraction of sp³-hybridized carbons (Fsp3) is 0.500. The van der Waals surface area contributed by atoms with Crippen molar-refractivity contribution >= 4 is 0 Å². The van der Waals surface area contributed by atoms with Crippen molar-refractivity contribution in [3.05, 3.63) is 35.9 Å². The average Bonchev–Trinajstić information content (AvgIpc) is 2.29. The van der Waals surface area contributed by atoms with E-state index in [-0.39, 0.29) is 6.61 Å². The first-order chi connectivity index (χ1) is 6.93. The highest BCUT2D eigenvalue weighted by Crippen LogP contribution is 1.96. The van der Waals surface area contributed by atoms with Crippen LogP contribution >= 0.6 is 0 Å². The van der Waals surface area contributed by atoms with Crippen molar-refractivity contribution in [2.75, 3.05) is 13.2 Å². The van der Waals surface area contributed by atoms with Crippen molar-refractivity contribution in [3.8, 4) is 0 Å². The zero-order valence-electron chi connectivity index (χ0n) is 9.16. The summed E-state index contributed by atoms with van der Waals surface area (Å²) in [6.45, 7) is 6.04. The SMILES string of the molecule is CC.OCCCNCc1ccccc1. The zero-order chi connectivity index (χ0) is 10.6. The Bertz CT molecular complexity index is 199. The minimum Gasteiger partial charge on any atom is -0.396 e. The molecule has 0 radical (unpaired) electrons. The molecule has 0 unspecified atom stereocenters. The third-order valence-corrected chi connectivity index (χ3v) is 1.68. The molecule has 0 aromatic heterocycles. The molecule has 0 fully saturated rings. The third-order valence-electron chi connectivity index (χ3n) is 1.68. The second-order valence-electron chi connectivity index (χ2n) is 2.74. The average molecular weight is 195 g/mol. The van der Waals surface area contributed by atoms with Crippen molar-refractivity contribution < 1.29 is 5.11 Å². The van der Waals surface area contributed by atoms with Gasteiger partial charge in [-0.25, -0.2) is 0 Å². The summed E-state index contributed by atoms with van der Waals surface area (Å²) in [5.74, 6) is 0. The molecule has 1 rings (SSSR count). The minimum absolute atomic E-state index is 0.266. The van der Waals surface area contributed by atoms with Gasteiger partial charge >= 0.3 is 0 Å². The molecular formula is C12H21NO. The standard InChI is InChI=1S/C10H15NO.C2H6/c12-8-4-7-11-9-10-5-2-1-3-6-10;1-2/h1-3,5-6,11-12H,4,7-9H2;1-2H3. The van der Waals surface area contributed by atoms with Crippen molar-refractivity contribution in [1.82, 2.24) is 5.32 Å². The molecule has 0 spiro atoms. The van der Waals surface area contributed by atoms with Gasteiger partial charge < -0.3 is 10.4 Å². The van der Waals surface area contributed by atoms with Crippen molar-refractivity contribution in [1.29, 1.82) is 0 Å². The van der Waals surface area contributed by atoms with E-state index in [1.807, 2.05) is 32.0 Å². The molecule has 0 heterocycles. The maximum absolute atomic E-state index is 8.52. The first-order valence-corrected chi connectivity index (χ1v) is 5.29. The smallest absolute Gasteiger partial charge is 0.0443 e. The number of hydrogen-bond donors (Lipinski definition) is 2. The minimum atomic E-state index is 0.266. The van der Waals surface area contributed by atoms with Gasteiger partial charge in [-0.2, -0.15) is 0 Å². The topological polar surface area (TPSA) is 32.3 Å². The van der Waals surface area contributed by atoms with Gasteiger partial charge in [0.1, 0.15) is 0 Å². The van der Waals surface area contributed by atoms with Gasteiger partial charge in [-0.05, 0) is 18.5 Å². The molecule has 2 heteroatoms. The van der Waals surface area contributed by atoms with Crippen LogP contribution in [0.15, 0.2) is 30.3 Å². The lowest BCUT2D eigenvalue weighted by Gasteiger charge is -2.02. The highest BCUT2D eigenvalue weighted by molar-refractivity contribution is 5.14. The van der Waals surface area contributed by atoms with E-state index in [0.29, 0.717) is 0 Å². The van der Waals surface area contributed by atoms with Crippen LogP contribution in [0.2, 0.25) is 0 Å². The number of hydrogen-bond acceptors (Lipinski definition) is 2. The van der Waals surface area contributed by atoms with Crippen molar-refractivity contribution in [3.63, 3.8) is 0 Å². The van der Waals surface area contributed by atoms with Gasteiger partial charge in [-0.3, -0.25) is 0 Å². The van der Waals surface area contributed by atoms with E-state index in [1.165, 1.54) is 5.56 Å². The molecule has 2 nitrogen and oxygen atoms in total. The lowest BCUT2D eigenvalue weighted by atomic mass is 10.2. The van der Waals surface area contributed by atoms with Gasteiger partial charge in [0.25, 0.3) is 0 Å². The lowest BCUT2D eigenvalue weighted by molar-refractivity contribution is 0.286. The van der Waals surface area contributed by atoms with E-state index in [1.54, 1.807) is 0 Å². The van der Waals surface area contributed by atoms with Crippen LogP contribution in [0.5, 0.6) is 0 Å². The Morgan fingerprint density at radius 1 is 1.14 bits per heavy atom. The lowest BCUT2D eigenvalue weighted by Crippen LogP contribution is -2.15. The number of aliphatic hydroxyl groups is 1. The Kier molecular flexibility index (Phi) is 9.59. The Hall–Kier alpha value is -0.860. The predicted octanol–water partition coefficient (Wildman–Crippen LogP) is 2.18. The molecule has 0 bridgehead atoms. The zero-order valence-corrected chi connectivity index (χ0v) is 9.16. The van der Waals surface area contributed by atoms with Crippen LogP contribution in [0.3, 0.4) is 0 Å². The second-order valence-corrected chi connectivity index (χ2v) is 2.74. The molecule has 14 heavy (non-hydrogen) atoms. The van der Waals surface area contributed by atoms with Crippen LogP contribution in [0.25, 0.3) is 0 Å². The van der Waals surface area contributed by atoms with Crippen LogP contribution < -0.4 is 5.32 Å². The van der Waals surface area contributed by atoms with E-state index in [9.17, 15) is 0 Å². The van der Waals surface area contributed by atoms with Crippen molar-refractivity contribution in [2.24, 2.45) is 0 Å². The predicted molar refractivity (Wildman–Crippen MR) is 61.2 cm³/mol. The fourth-order valence-electron chi connectivity index (χ4n) is 1.03. The van der Waals surface area contributed by atoms with E-state index < -0.39 is 0 Å². The molecule has 0 saturated carbocycles. The van der Waals surface area contributed by atoms with E-state index in [0.717, 1.165) is 19.5 Å². The summed E-state index contributed by atoms with van der Waals surface area (Å²) in [4.78, 5) is 0. The molecule has 0 aliphatic carbocycles. The van der Waals surface area contributed by atoms with Crippen LogP contribution in [0, 0.1) is 0 Å². The first kappa shape index (κ1) is 13.1. The summed E-state index contributed by atoms with van der Waals surface area (Å²) in [7, 11) is 0. The molecule has 1 aromatic carbocycles. The molecule has 0 aliphatic rings. The first-order valence-electron chi connectivity index (χ1n) is 5.29. The molecule has 0 aliphatic heterocycles. The number of benzene rings is 1. The van der Waals surface area contributed by atoms with Gasteiger partial charge in [-0.1, -0.05) is 44.2 Å². The molecule has 0 saturated heterocycles. The van der Waals surface area contributed by atoms with Gasteiger partial charge in [0.05, 0.1) is 0 Å². The van der Waals surface area contributed by atoms with Crippen LogP contribution in [0.1, 0.15) is 25.8 Å². The normalized spacial score (nSPS) is 9.07. The van der Waals surface area contributed by atoms with E-state index in [4.69, 9.17) is 5.11 Å². The van der Waals surface area contributed by atoms with Gasteiger partial charge in [0.2, 0.25) is 0 Å². The van der Waals surface area contributed by atoms with Gasteiger partial charge in [0, 0.05) is 13.2 Å². The Morgan fingerprint density at radius 3 is 2.36 bits per heavy atom. The van der Waals surface area contributed by atoms with Crippen LogP contribution in [-0.4, -0.2) is 18.3 Å². The molecule has 1 aromatic rings. The van der Waals surface area contributed by atoms with Gasteiger partial charge in [0.15, 0.2) is 0 Å².